The van der Waals surface area contributed by atoms with Crippen molar-refractivity contribution in [1.29, 1.82) is 0 Å². The third-order valence-corrected chi connectivity index (χ3v) is 2.91. The van der Waals surface area contributed by atoms with E-state index in [1.54, 1.807) is 0 Å². The van der Waals surface area contributed by atoms with E-state index in [1.807, 2.05) is 0 Å². The average molecular weight is 309 g/mol. The van der Waals surface area contributed by atoms with Gasteiger partial charge in [-0.1, -0.05) is 29.5 Å². The van der Waals surface area contributed by atoms with E-state index in [0.717, 1.165) is 0 Å². The largest absolute Gasteiger partial charge is 0.486 e. The summed E-state index contributed by atoms with van der Waals surface area (Å²) in [6, 6.07) is 8.30. The molecule has 2 aromatic rings. The zero-order valence-electron chi connectivity index (χ0n) is 10.9. The first kappa shape index (κ1) is 15.3. The summed E-state index contributed by atoms with van der Waals surface area (Å²) in [6.45, 7) is -0.227. The minimum Gasteiger partial charge on any atom is -0.486 e. The van der Waals surface area contributed by atoms with Crippen LogP contribution in [-0.2, 0) is 6.61 Å². The maximum atomic E-state index is 13.6. The van der Waals surface area contributed by atoms with Gasteiger partial charge >= 0.3 is 0 Å². The molecule has 0 heterocycles. The number of ether oxygens (including phenoxy) is 1. The SMILES string of the molecule is OCC#Cc1ccc(F)c(OCc2ccc(F)c(Cl)c2)c1. The molecule has 0 unspecified atom stereocenters. The summed E-state index contributed by atoms with van der Waals surface area (Å²) in [6.07, 6.45) is 0. The summed E-state index contributed by atoms with van der Waals surface area (Å²) in [5, 5.41) is 8.62. The van der Waals surface area contributed by atoms with Crippen LogP contribution in [-0.4, -0.2) is 11.7 Å². The lowest BCUT2D eigenvalue weighted by Crippen LogP contribution is -1.98. The fourth-order valence-electron chi connectivity index (χ4n) is 1.62. The lowest BCUT2D eigenvalue weighted by molar-refractivity contribution is 0.290. The van der Waals surface area contributed by atoms with E-state index in [-0.39, 0.29) is 24.0 Å². The summed E-state index contributed by atoms with van der Waals surface area (Å²) >= 11 is 5.66. The number of halogens is 3. The molecule has 0 amide bonds. The van der Waals surface area contributed by atoms with Gasteiger partial charge in [0.05, 0.1) is 5.02 Å². The number of aliphatic hydroxyl groups is 1. The molecule has 0 spiro atoms. The van der Waals surface area contributed by atoms with Crippen LogP contribution in [0.5, 0.6) is 5.75 Å². The van der Waals surface area contributed by atoms with Crippen LogP contribution in [0, 0.1) is 23.5 Å². The van der Waals surface area contributed by atoms with Crippen LogP contribution in [0.25, 0.3) is 0 Å². The first-order valence-electron chi connectivity index (χ1n) is 6.06. The zero-order chi connectivity index (χ0) is 15.2. The molecule has 0 aliphatic carbocycles. The van der Waals surface area contributed by atoms with Gasteiger partial charge in [-0.15, -0.1) is 0 Å². The smallest absolute Gasteiger partial charge is 0.165 e. The molecule has 0 radical (unpaired) electrons. The van der Waals surface area contributed by atoms with Gasteiger partial charge in [-0.2, -0.15) is 0 Å². The minimum absolute atomic E-state index is 0.0147. The van der Waals surface area contributed by atoms with Crippen molar-refractivity contribution in [2.24, 2.45) is 0 Å². The van der Waals surface area contributed by atoms with E-state index < -0.39 is 11.6 Å². The molecular formula is C16H11ClF2O2. The summed E-state index contributed by atoms with van der Waals surface area (Å²) in [5.74, 6) is 4.10. The molecule has 5 heteroatoms. The van der Waals surface area contributed by atoms with E-state index in [4.69, 9.17) is 21.4 Å². The van der Waals surface area contributed by atoms with E-state index >= 15 is 0 Å². The van der Waals surface area contributed by atoms with Gasteiger partial charge in [0.1, 0.15) is 19.0 Å². The second kappa shape index (κ2) is 7.07. The Balaban J connectivity index is 2.13. The zero-order valence-corrected chi connectivity index (χ0v) is 11.6. The van der Waals surface area contributed by atoms with E-state index in [1.165, 1.54) is 36.4 Å². The normalized spacial score (nSPS) is 9.90. The lowest BCUT2D eigenvalue weighted by Gasteiger charge is -2.08. The predicted octanol–water partition coefficient (Wildman–Crippen LogP) is 3.54. The molecular weight excluding hydrogens is 298 g/mol. The van der Waals surface area contributed by atoms with Crippen molar-refractivity contribution in [3.8, 4) is 17.6 Å². The monoisotopic (exact) mass is 308 g/mol. The summed E-state index contributed by atoms with van der Waals surface area (Å²) in [4.78, 5) is 0. The van der Waals surface area contributed by atoms with Gasteiger partial charge in [0.15, 0.2) is 11.6 Å². The lowest BCUT2D eigenvalue weighted by atomic mass is 10.2. The van der Waals surface area contributed by atoms with Gasteiger partial charge in [0, 0.05) is 5.56 Å². The maximum Gasteiger partial charge on any atom is 0.165 e. The number of benzene rings is 2. The van der Waals surface area contributed by atoms with Gasteiger partial charge < -0.3 is 9.84 Å². The second-order valence-electron chi connectivity index (χ2n) is 4.14. The van der Waals surface area contributed by atoms with Gasteiger partial charge in [0.25, 0.3) is 0 Å². The van der Waals surface area contributed by atoms with Gasteiger partial charge in [-0.25, -0.2) is 8.78 Å². The number of aliphatic hydroxyl groups excluding tert-OH is 1. The highest BCUT2D eigenvalue weighted by Gasteiger charge is 2.06. The van der Waals surface area contributed by atoms with Crippen molar-refractivity contribution < 1.29 is 18.6 Å². The van der Waals surface area contributed by atoms with Crippen molar-refractivity contribution in [2.45, 2.75) is 6.61 Å². The standard InChI is InChI=1S/C16H11ClF2O2/c17-13-8-12(4-5-14(13)18)10-21-16-9-11(2-1-7-20)3-6-15(16)19/h3-6,8-9,20H,7,10H2. The quantitative estimate of drug-likeness (QED) is 0.879. The Bertz CT molecular complexity index is 705. The van der Waals surface area contributed by atoms with Crippen LogP contribution in [0.4, 0.5) is 8.78 Å². The fraction of sp³-hybridized carbons (Fsp3) is 0.125. The van der Waals surface area contributed by atoms with Crippen LogP contribution in [0.15, 0.2) is 36.4 Å². The molecule has 2 aromatic carbocycles. The summed E-state index contributed by atoms with van der Waals surface area (Å²) in [5.41, 5.74) is 1.14. The van der Waals surface area contributed by atoms with Crippen LogP contribution in [0.1, 0.15) is 11.1 Å². The Kier molecular flexibility index (Phi) is 5.15. The van der Waals surface area contributed by atoms with Crippen LogP contribution >= 0.6 is 11.6 Å². The van der Waals surface area contributed by atoms with E-state index in [2.05, 4.69) is 11.8 Å². The number of hydrogen-bond acceptors (Lipinski definition) is 2. The third-order valence-electron chi connectivity index (χ3n) is 2.62. The molecule has 2 rings (SSSR count). The van der Waals surface area contributed by atoms with E-state index in [0.29, 0.717) is 11.1 Å². The Morgan fingerprint density at radius 3 is 2.57 bits per heavy atom. The third kappa shape index (κ3) is 4.19. The Labute approximate surface area is 125 Å². The Morgan fingerprint density at radius 2 is 1.86 bits per heavy atom. The highest BCUT2D eigenvalue weighted by molar-refractivity contribution is 6.30. The first-order valence-corrected chi connectivity index (χ1v) is 6.44. The molecule has 0 saturated carbocycles. The molecule has 108 valence electrons. The minimum atomic E-state index is -0.530. The fourth-order valence-corrected chi connectivity index (χ4v) is 1.83. The van der Waals surface area contributed by atoms with Crippen molar-refractivity contribution in [3.05, 3.63) is 64.2 Å². The Hall–Kier alpha value is -2.09. The molecule has 0 aromatic heterocycles. The van der Waals surface area contributed by atoms with E-state index in [9.17, 15) is 8.78 Å². The summed E-state index contributed by atoms with van der Waals surface area (Å²) in [7, 11) is 0. The van der Waals surface area contributed by atoms with Gasteiger partial charge in [0.2, 0.25) is 0 Å². The molecule has 2 nitrogen and oxygen atoms in total. The first-order chi connectivity index (χ1) is 10.1. The molecule has 1 N–H and O–H groups in total. The van der Waals surface area contributed by atoms with Crippen molar-refractivity contribution in [3.63, 3.8) is 0 Å². The predicted molar refractivity (Wildman–Crippen MR) is 76.1 cm³/mol. The molecule has 0 saturated heterocycles. The molecule has 21 heavy (non-hydrogen) atoms. The Morgan fingerprint density at radius 1 is 1.10 bits per heavy atom. The van der Waals surface area contributed by atoms with Crippen molar-refractivity contribution in [2.75, 3.05) is 6.61 Å². The molecule has 0 aliphatic heterocycles. The maximum absolute atomic E-state index is 13.6. The molecule has 0 fully saturated rings. The highest BCUT2D eigenvalue weighted by Crippen LogP contribution is 2.21. The molecule has 0 bridgehead atoms. The summed E-state index contributed by atoms with van der Waals surface area (Å²) < 4.78 is 32.0. The molecule has 0 atom stereocenters. The second-order valence-corrected chi connectivity index (χ2v) is 4.55. The van der Waals surface area contributed by atoms with Crippen molar-refractivity contribution in [1.82, 2.24) is 0 Å². The number of rotatable bonds is 3. The van der Waals surface area contributed by atoms with Crippen LogP contribution in [0.3, 0.4) is 0 Å². The topological polar surface area (TPSA) is 29.5 Å². The van der Waals surface area contributed by atoms with Gasteiger partial charge in [-0.3, -0.25) is 0 Å². The highest BCUT2D eigenvalue weighted by atomic mass is 35.5. The van der Waals surface area contributed by atoms with Gasteiger partial charge in [-0.05, 0) is 35.9 Å². The van der Waals surface area contributed by atoms with Crippen LogP contribution < -0.4 is 4.74 Å². The van der Waals surface area contributed by atoms with Crippen molar-refractivity contribution >= 4 is 11.6 Å². The molecule has 0 aliphatic rings. The number of hydrogen-bond donors (Lipinski definition) is 1. The van der Waals surface area contributed by atoms with Crippen LogP contribution in [0.2, 0.25) is 5.02 Å². The average Bonchev–Trinajstić information content (AvgIpc) is 2.48.